The summed E-state index contributed by atoms with van der Waals surface area (Å²) >= 11 is 0. The molecule has 0 fully saturated rings. The van der Waals surface area contributed by atoms with Crippen molar-refractivity contribution >= 4 is 23.2 Å². The summed E-state index contributed by atoms with van der Waals surface area (Å²) in [7, 11) is 3.22. The summed E-state index contributed by atoms with van der Waals surface area (Å²) in [6.45, 7) is 1.41. The van der Waals surface area contributed by atoms with Crippen molar-refractivity contribution in [1.29, 1.82) is 0 Å². The minimum Gasteiger partial charge on any atom is -0.495 e. The van der Waals surface area contributed by atoms with E-state index in [2.05, 4.69) is 5.32 Å². The fourth-order valence-corrected chi connectivity index (χ4v) is 2.09. The highest BCUT2D eigenvalue weighted by Crippen LogP contribution is 2.26. The lowest BCUT2D eigenvalue weighted by Gasteiger charge is -2.18. The lowest BCUT2D eigenvalue weighted by Crippen LogP contribution is -2.26. The van der Waals surface area contributed by atoms with Gasteiger partial charge in [0.1, 0.15) is 5.75 Å². The molecule has 0 unspecified atom stereocenters. The topological polar surface area (TPSA) is 58.6 Å². The summed E-state index contributed by atoms with van der Waals surface area (Å²) in [5, 5.41) is 2.66. The quantitative estimate of drug-likeness (QED) is 0.944. The van der Waals surface area contributed by atoms with Crippen LogP contribution in [0.2, 0.25) is 0 Å². The number of ether oxygens (including phenoxy) is 1. The Balaban J connectivity index is 2.32. The lowest BCUT2D eigenvalue weighted by molar-refractivity contribution is -0.114. The molecule has 0 spiro atoms. The molecule has 0 aromatic heterocycles. The molecule has 5 nitrogen and oxygen atoms in total. The lowest BCUT2D eigenvalue weighted by atomic mass is 10.1. The Hall–Kier alpha value is -2.82. The van der Waals surface area contributed by atoms with Crippen LogP contribution in [0.3, 0.4) is 0 Å². The van der Waals surface area contributed by atoms with Crippen LogP contribution in [0.5, 0.6) is 5.75 Å². The molecule has 1 N–H and O–H groups in total. The third-order valence-corrected chi connectivity index (χ3v) is 3.21. The third kappa shape index (κ3) is 3.44. The minimum absolute atomic E-state index is 0.166. The SMILES string of the molecule is COc1ccc(C(=O)N(C)c2ccccc2)cc1NC(C)=O. The number of methoxy groups -OCH3 is 1. The molecule has 114 valence electrons. The number of carbonyl (C=O) groups is 2. The molecule has 0 atom stereocenters. The predicted molar refractivity (Wildman–Crippen MR) is 86.5 cm³/mol. The first-order chi connectivity index (χ1) is 10.5. The monoisotopic (exact) mass is 298 g/mol. The van der Waals surface area contributed by atoms with Crippen molar-refractivity contribution in [3.05, 3.63) is 54.1 Å². The van der Waals surface area contributed by atoms with Crippen LogP contribution in [0, 0.1) is 0 Å². The fraction of sp³-hybridized carbons (Fsp3) is 0.176. The Morgan fingerprint density at radius 1 is 1.09 bits per heavy atom. The van der Waals surface area contributed by atoms with Crippen molar-refractivity contribution in [2.75, 3.05) is 24.4 Å². The molecule has 0 saturated carbocycles. The first-order valence-corrected chi connectivity index (χ1v) is 6.81. The maximum absolute atomic E-state index is 12.6. The predicted octanol–water partition coefficient (Wildman–Crippen LogP) is 2.93. The van der Waals surface area contributed by atoms with Gasteiger partial charge in [0.25, 0.3) is 5.91 Å². The Morgan fingerprint density at radius 3 is 2.36 bits per heavy atom. The number of nitrogens with zero attached hydrogens (tertiary/aromatic N) is 1. The van der Waals surface area contributed by atoms with E-state index in [0.29, 0.717) is 17.0 Å². The van der Waals surface area contributed by atoms with Crippen molar-refractivity contribution in [2.45, 2.75) is 6.92 Å². The molecule has 0 aliphatic carbocycles. The van der Waals surface area contributed by atoms with Gasteiger partial charge in [-0.25, -0.2) is 0 Å². The van der Waals surface area contributed by atoms with Crippen LogP contribution < -0.4 is 15.0 Å². The van der Waals surface area contributed by atoms with E-state index in [1.54, 1.807) is 30.1 Å². The molecule has 5 heteroatoms. The smallest absolute Gasteiger partial charge is 0.258 e. The second-order valence-electron chi connectivity index (χ2n) is 4.80. The van der Waals surface area contributed by atoms with E-state index in [1.165, 1.54) is 14.0 Å². The normalized spacial score (nSPS) is 9.95. The Labute approximate surface area is 129 Å². The van der Waals surface area contributed by atoms with Gasteiger partial charge in [-0.05, 0) is 30.3 Å². The van der Waals surface area contributed by atoms with Crippen LogP contribution >= 0.6 is 0 Å². The van der Waals surface area contributed by atoms with E-state index in [0.717, 1.165) is 5.69 Å². The number of rotatable bonds is 4. The van der Waals surface area contributed by atoms with Gasteiger partial charge in [0.2, 0.25) is 5.91 Å². The van der Waals surface area contributed by atoms with Crippen molar-refractivity contribution in [1.82, 2.24) is 0 Å². The Morgan fingerprint density at radius 2 is 1.77 bits per heavy atom. The van der Waals surface area contributed by atoms with Gasteiger partial charge in [0, 0.05) is 25.2 Å². The number of amides is 2. The molecule has 0 saturated heterocycles. The van der Waals surface area contributed by atoms with Gasteiger partial charge in [-0.15, -0.1) is 0 Å². The van der Waals surface area contributed by atoms with E-state index in [1.807, 2.05) is 30.3 Å². The van der Waals surface area contributed by atoms with Crippen molar-refractivity contribution in [2.24, 2.45) is 0 Å². The number of nitrogens with one attached hydrogen (secondary N) is 1. The van der Waals surface area contributed by atoms with Gasteiger partial charge in [-0.2, -0.15) is 0 Å². The molecule has 2 aromatic carbocycles. The Bertz CT molecular complexity index is 684. The second-order valence-corrected chi connectivity index (χ2v) is 4.80. The molecule has 0 aliphatic rings. The van der Waals surface area contributed by atoms with Gasteiger partial charge in [0.05, 0.1) is 12.8 Å². The third-order valence-electron chi connectivity index (χ3n) is 3.21. The number of para-hydroxylation sites is 1. The zero-order valence-electron chi connectivity index (χ0n) is 12.8. The summed E-state index contributed by atoms with van der Waals surface area (Å²) in [6, 6.07) is 14.3. The van der Waals surface area contributed by atoms with E-state index in [4.69, 9.17) is 4.74 Å². The number of hydrogen-bond acceptors (Lipinski definition) is 3. The van der Waals surface area contributed by atoms with Crippen LogP contribution in [0.25, 0.3) is 0 Å². The molecule has 0 bridgehead atoms. The standard InChI is InChI=1S/C17H18N2O3/c1-12(20)18-15-11-13(9-10-16(15)22-3)17(21)19(2)14-7-5-4-6-8-14/h4-11H,1-3H3,(H,18,20). The summed E-state index contributed by atoms with van der Waals surface area (Å²) in [5.41, 5.74) is 1.74. The minimum atomic E-state index is -0.223. The zero-order valence-corrected chi connectivity index (χ0v) is 12.8. The summed E-state index contributed by atoms with van der Waals surface area (Å²) < 4.78 is 5.19. The molecule has 22 heavy (non-hydrogen) atoms. The highest BCUT2D eigenvalue weighted by Gasteiger charge is 2.16. The zero-order chi connectivity index (χ0) is 16.1. The molecular formula is C17H18N2O3. The van der Waals surface area contributed by atoms with Crippen LogP contribution in [-0.2, 0) is 4.79 Å². The molecular weight excluding hydrogens is 280 g/mol. The summed E-state index contributed by atoms with van der Waals surface area (Å²) in [5.74, 6) is 0.119. The van der Waals surface area contributed by atoms with Crippen LogP contribution in [0.4, 0.5) is 11.4 Å². The summed E-state index contributed by atoms with van der Waals surface area (Å²) in [4.78, 5) is 25.4. The largest absolute Gasteiger partial charge is 0.495 e. The van der Waals surface area contributed by atoms with Gasteiger partial charge in [0.15, 0.2) is 0 Å². The van der Waals surface area contributed by atoms with E-state index in [-0.39, 0.29) is 11.8 Å². The number of benzene rings is 2. The maximum atomic E-state index is 12.6. The fourth-order valence-electron chi connectivity index (χ4n) is 2.09. The maximum Gasteiger partial charge on any atom is 0.258 e. The molecule has 2 rings (SSSR count). The highest BCUT2D eigenvalue weighted by molar-refractivity contribution is 6.07. The summed E-state index contributed by atoms with van der Waals surface area (Å²) in [6.07, 6.45) is 0. The molecule has 0 aliphatic heterocycles. The average molecular weight is 298 g/mol. The van der Waals surface area contributed by atoms with Gasteiger partial charge >= 0.3 is 0 Å². The van der Waals surface area contributed by atoms with Crippen molar-refractivity contribution in [3.8, 4) is 5.75 Å². The van der Waals surface area contributed by atoms with E-state index in [9.17, 15) is 9.59 Å². The first kappa shape index (κ1) is 15.6. The average Bonchev–Trinajstić information content (AvgIpc) is 2.53. The number of carbonyl (C=O) groups excluding carboxylic acids is 2. The van der Waals surface area contributed by atoms with Crippen LogP contribution in [0.1, 0.15) is 17.3 Å². The van der Waals surface area contributed by atoms with Gasteiger partial charge in [-0.1, -0.05) is 18.2 Å². The second kappa shape index (κ2) is 6.76. The van der Waals surface area contributed by atoms with Crippen molar-refractivity contribution in [3.63, 3.8) is 0 Å². The van der Waals surface area contributed by atoms with Crippen molar-refractivity contribution < 1.29 is 14.3 Å². The van der Waals surface area contributed by atoms with Gasteiger partial charge in [-0.3, -0.25) is 9.59 Å². The van der Waals surface area contributed by atoms with Gasteiger partial charge < -0.3 is 15.0 Å². The molecule has 2 amide bonds. The van der Waals surface area contributed by atoms with Crippen LogP contribution in [-0.4, -0.2) is 26.0 Å². The Kier molecular flexibility index (Phi) is 4.78. The number of hydrogen-bond donors (Lipinski definition) is 1. The first-order valence-electron chi connectivity index (χ1n) is 6.81. The van der Waals surface area contributed by atoms with E-state index >= 15 is 0 Å². The molecule has 0 heterocycles. The highest BCUT2D eigenvalue weighted by atomic mass is 16.5. The van der Waals surface area contributed by atoms with Crippen LogP contribution in [0.15, 0.2) is 48.5 Å². The molecule has 2 aromatic rings. The number of anilines is 2. The van der Waals surface area contributed by atoms with E-state index < -0.39 is 0 Å². The molecule has 0 radical (unpaired) electrons.